The zero-order valence-corrected chi connectivity index (χ0v) is 14.8. The van der Waals surface area contributed by atoms with Crippen LogP contribution >= 0.6 is 0 Å². The van der Waals surface area contributed by atoms with Gasteiger partial charge in [0.15, 0.2) is 0 Å². The third kappa shape index (κ3) is 2.49. The van der Waals surface area contributed by atoms with Crippen LogP contribution in [-0.2, 0) is 0 Å². The van der Waals surface area contributed by atoms with E-state index in [0.717, 1.165) is 12.8 Å². The maximum Gasteiger partial charge on any atom is 0.341 e. The minimum atomic E-state index is -1.28. The number of carboxylic acids is 1. The van der Waals surface area contributed by atoms with E-state index in [0.29, 0.717) is 24.3 Å². The number of nitrogens with two attached hydrogens (primary N) is 1. The van der Waals surface area contributed by atoms with Crippen molar-refractivity contribution in [2.45, 2.75) is 38.8 Å². The summed E-state index contributed by atoms with van der Waals surface area (Å²) in [6, 6.07) is 1.83. The van der Waals surface area contributed by atoms with Crippen molar-refractivity contribution < 1.29 is 14.3 Å². The third-order valence-electron chi connectivity index (χ3n) is 5.66. The van der Waals surface area contributed by atoms with Gasteiger partial charge in [-0.1, -0.05) is 6.92 Å². The van der Waals surface area contributed by atoms with Gasteiger partial charge >= 0.3 is 5.97 Å². The van der Waals surface area contributed by atoms with Crippen LogP contribution < -0.4 is 16.1 Å². The van der Waals surface area contributed by atoms with Crippen LogP contribution in [0.4, 0.5) is 10.1 Å². The van der Waals surface area contributed by atoms with E-state index in [1.807, 2.05) is 16.4 Å². The summed E-state index contributed by atoms with van der Waals surface area (Å²) in [5.74, 6) is -1.50. The number of hydrogen-bond donors (Lipinski definition) is 2. The maximum absolute atomic E-state index is 15.1. The zero-order valence-electron chi connectivity index (χ0n) is 14.8. The molecule has 1 aromatic heterocycles. The van der Waals surface area contributed by atoms with Crippen LogP contribution in [0, 0.1) is 18.7 Å². The Bertz CT molecular complexity index is 970. The summed E-state index contributed by atoms with van der Waals surface area (Å²) in [5.41, 5.74) is 6.39. The van der Waals surface area contributed by atoms with Crippen LogP contribution in [0.3, 0.4) is 0 Å². The van der Waals surface area contributed by atoms with Crippen LogP contribution in [0.15, 0.2) is 17.1 Å². The maximum atomic E-state index is 15.1. The number of carbonyl (C=O) groups is 1. The van der Waals surface area contributed by atoms with Gasteiger partial charge in [0.25, 0.3) is 0 Å². The first-order chi connectivity index (χ1) is 12.3. The van der Waals surface area contributed by atoms with E-state index >= 15 is 4.39 Å². The Hall–Kier alpha value is -2.41. The molecule has 138 valence electrons. The lowest BCUT2D eigenvalue weighted by Gasteiger charge is -2.22. The summed E-state index contributed by atoms with van der Waals surface area (Å²) in [5, 5.41) is 9.53. The highest BCUT2D eigenvalue weighted by Gasteiger charge is 2.32. The Balaban J connectivity index is 2.00. The second-order valence-electron chi connectivity index (χ2n) is 7.59. The molecule has 1 saturated carbocycles. The van der Waals surface area contributed by atoms with E-state index < -0.39 is 17.2 Å². The average molecular weight is 359 g/mol. The molecule has 0 bridgehead atoms. The highest BCUT2D eigenvalue weighted by molar-refractivity contribution is 5.95. The molecule has 2 fully saturated rings. The minimum absolute atomic E-state index is 0.0228. The van der Waals surface area contributed by atoms with Gasteiger partial charge in [-0.25, -0.2) is 9.18 Å². The minimum Gasteiger partial charge on any atom is -0.477 e. The normalized spacial score (nSPS) is 23.0. The number of hydrogen-bond acceptors (Lipinski definition) is 4. The largest absolute Gasteiger partial charge is 0.477 e. The molecule has 2 aliphatic rings. The molecule has 2 aromatic rings. The molecule has 0 radical (unpaired) electrons. The monoisotopic (exact) mass is 359 g/mol. The number of carboxylic acid groups (broad SMARTS) is 1. The number of nitrogens with zero attached hydrogens (tertiary/aromatic N) is 2. The number of anilines is 1. The van der Waals surface area contributed by atoms with Crippen LogP contribution in [0.25, 0.3) is 10.9 Å². The summed E-state index contributed by atoms with van der Waals surface area (Å²) in [6.45, 7) is 4.80. The van der Waals surface area contributed by atoms with Gasteiger partial charge in [0, 0.05) is 36.9 Å². The van der Waals surface area contributed by atoms with E-state index in [1.54, 1.807) is 13.0 Å². The van der Waals surface area contributed by atoms with Gasteiger partial charge < -0.3 is 20.3 Å². The van der Waals surface area contributed by atoms with Crippen LogP contribution in [0.1, 0.15) is 41.7 Å². The predicted molar refractivity (Wildman–Crippen MR) is 97.5 cm³/mol. The van der Waals surface area contributed by atoms with Crippen molar-refractivity contribution in [2.75, 3.05) is 18.0 Å². The molecule has 2 atom stereocenters. The Morgan fingerprint density at radius 3 is 2.58 bits per heavy atom. The molecule has 0 amide bonds. The molecule has 1 aliphatic heterocycles. The van der Waals surface area contributed by atoms with Crippen LogP contribution in [0.5, 0.6) is 0 Å². The molecule has 0 spiro atoms. The lowest BCUT2D eigenvalue weighted by atomic mass is 10.0. The molecule has 26 heavy (non-hydrogen) atoms. The fourth-order valence-electron chi connectivity index (χ4n) is 3.88. The number of aryl methyl sites for hydroxylation is 1. The van der Waals surface area contributed by atoms with Crippen molar-refractivity contribution in [1.82, 2.24) is 4.57 Å². The van der Waals surface area contributed by atoms with Gasteiger partial charge in [0.05, 0.1) is 16.6 Å². The van der Waals surface area contributed by atoms with Gasteiger partial charge in [-0.2, -0.15) is 0 Å². The molecular weight excluding hydrogens is 337 g/mol. The third-order valence-corrected chi connectivity index (χ3v) is 5.66. The van der Waals surface area contributed by atoms with E-state index in [1.165, 1.54) is 6.20 Å². The molecule has 6 nitrogen and oxygen atoms in total. The smallest absolute Gasteiger partial charge is 0.341 e. The summed E-state index contributed by atoms with van der Waals surface area (Å²) in [4.78, 5) is 26.1. The number of pyridine rings is 1. The summed E-state index contributed by atoms with van der Waals surface area (Å²) in [6.07, 6.45) is 3.26. The number of benzene rings is 1. The lowest BCUT2D eigenvalue weighted by Crippen LogP contribution is -2.29. The van der Waals surface area contributed by atoms with Crippen molar-refractivity contribution in [3.63, 3.8) is 0 Å². The quantitative estimate of drug-likeness (QED) is 0.878. The Morgan fingerprint density at radius 1 is 1.35 bits per heavy atom. The Kier molecular flexibility index (Phi) is 3.80. The van der Waals surface area contributed by atoms with Crippen molar-refractivity contribution in [1.29, 1.82) is 0 Å². The van der Waals surface area contributed by atoms with Crippen LogP contribution in [-0.4, -0.2) is 34.8 Å². The standard InChI is InChI=1S/C19H22FN3O3/c1-9-6-22(8-13(9)21)15-5-14-16(10(2)17(15)20)18(24)12(19(25)26)7-23(14)11-3-4-11/h5,7,9,11,13H,3-4,6,8,21H2,1-2H3,(H,25,26). The van der Waals surface area contributed by atoms with E-state index in [-0.39, 0.29) is 34.5 Å². The van der Waals surface area contributed by atoms with Crippen molar-refractivity contribution in [3.05, 3.63) is 39.4 Å². The Morgan fingerprint density at radius 2 is 2.04 bits per heavy atom. The fraction of sp³-hybridized carbons (Fsp3) is 0.474. The van der Waals surface area contributed by atoms with Crippen molar-refractivity contribution in [3.8, 4) is 0 Å². The highest BCUT2D eigenvalue weighted by Crippen LogP contribution is 2.39. The molecule has 2 unspecified atom stereocenters. The summed E-state index contributed by atoms with van der Waals surface area (Å²) < 4.78 is 16.9. The highest BCUT2D eigenvalue weighted by atomic mass is 19.1. The lowest BCUT2D eigenvalue weighted by molar-refractivity contribution is 0.0695. The molecular formula is C19H22FN3O3. The second-order valence-corrected chi connectivity index (χ2v) is 7.59. The fourth-order valence-corrected chi connectivity index (χ4v) is 3.88. The summed E-state index contributed by atoms with van der Waals surface area (Å²) >= 11 is 0. The first kappa shape index (κ1) is 17.0. The zero-order chi connectivity index (χ0) is 18.7. The van der Waals surface area contributed by atoms with E-state index in [9.17, 15) is 14.7 Å². The van der Waals surface area contributed by atoms with Crippen molar-refractivity contribution >= 4 is 22.6 Å². The van der Waals surface area contributed by atoms with Gasteiger partial charge in [-0.15, -0.1) is 0 Å². The van der Waals surface area contributed by atoms with Gasteiger partial charge in [0.1, 0.15) is 11.4 Å². The molecule has 4 rings (SSSR count). The van der Waals surface area contributed by atoms with E-state index in [4.69, 9.17) is 5.73 Å². The second kappa shape index (κ2) is 5.81. The first-order valence-corrected chi connectivity index (χ1v) is 8.91. The molecule has 3 N–H and O–H groups in total. The number of fused-ring (bicyclic) bond motifs is 1. The topological polar surface area (TPSA) is 88.6 Å². The Labute approximate surface area is 150 Å². The molecule has 2 heterocycles. The van der Waals surface area contributed by atoms with Crippen molar-refractivity contribution in [2.24, 2.45) is 11.7 Å². The van der Waals surface area contributed by atoms with Crippen LogP contribution in [0.2, 0.25) is 0 Å². The molecule has 1 saturated heterocycles. The molecule has 1 aromatic carbocycles. The van der Waals surface area contributed by atoms with Gasteiger partial charge in [-0.3, -0.25) is 4.79 Å². The summed E-state index contributed by atoms with van der Waals surface area (Å²) in [7, 11) is 0. The average Bonchev–Trinajstić information content (AvgIpc) is 3.36. The predicted octanol–water partition coefficient (Wildman–Crippen LogP) is 2.27. The first-order valence-electron chi connectivity index (χ1n) is 8.91. The molecule has 7 heteroatoms. The number of rotatable bonds is 3. The van der Waals surface area contributed by atoms with E-state index in [2.05, 4.69) is 0 Å². The van der Waals surface area contributed by atoms with Gasteiger partial charge in [0.2, 0.25) is 5.43 Å². The number of aromatic carboxylic acids is 1. The number of halogens is 1. The SMILES string of the molecule is Cc1c(F)c(N2CC(C)C(N)C2)cc2c1c(=O)c(C(=O)O)cn2C1CC1. The van der Waals surface area contributed by atoms with Gasteiger partial charge in [-0.05, 0) is 31.7 Å². The number of aromatic nitrogens is 1. The molecule has 1 aliphatic carbocycles.